The topological polar surface area (TPSA) is 92.5 Å². The quantitative estimate of drug-likeness (QED) is 0.322. The fraction of sp³-hybridized carbons (Fsp3) is 0.963. The zero-order chi connectivity index (χ0) is 24.9. The second-order valence-corrected chi connectivity index (χ2v) is 12.3. The van der Waals surface area contributed by atoms with E-state index < -0.39 is 6.17 Å². The molecule has 4 heterocycles. The standard InChI is InChI=1S/C27H50FN7O/c1-18-6-8-22(14-24(18)34-27-30-12-10-23(33-27)19-4-2-11-29-15-19)32-26(36)20-7-9-25(31-16-20)35-13-3-5-21(28)17-35/h18-25,27,29-31,33-34H,2-17H2,1H3,(H,32,36). The summed E-state index contributed by atoms with van der Waals surface area (Å²) in [5, 5.41) is 21.8. The van der Waals surface area contributed by atoms with Gasteiger partial charge in [0, 0.05) is 31.2 Å². The van der Waals surface area contributed by atoms with Crippen LogP contribution in [0.15, 0.2) is 0 Å². The predicted octanol–water partition coefficient (Wildman–Crippen LogP) is 1.24. The van der Waals surface area contributed by atoms with Gasteiger partial charge in [0.25, 0.3) is 0 Å². The van der Waals surface area contributed by atoms with E-state index in [0.29, 0.717) is 37.5 Å². The van der Waals surface area contributed by atoms with Crippen molar-refractivity contribution in [2.45, 2.75) is 108 Å². The van der Waals surface area contributed by atoms with Crippen LogP contribution < -0.4 is 31.9 Å². The van der Waals surface area contributed by atoms with Crippen molar-refractivity contribution in [1.29, 1.82) is 0 Å². The Morgan fingerprint density at radius 1 is 0.972 bits per heavy atom. The van der Waals surface area contributed by atoms with Crippen LogP contribution >= 0.6 is 0 Å². The van der Waals surface area contributed by atoms with Crippen LogP contribution in [0.4, 0.5) is 4.39 Å². The highest BCUT2D eigenvalue weighted by atomic mass is 19.1. The van der Waals surface area contributed by atoms with Gasteiger partial charge in [-0.1, -0.05) is 6.92 Å². The summed E-state index contributed by atoms with van der Waals surface area (Å²) in [6, 6.07) is 1.19. The van der Waals surface area contributed by atoms with Gasteiger partial charge >= 0.3 is 0 Å². The minimum Gasteiger partial charge on any atom is -0.353 e. The molecule has 1 amide bonds. The Kier molecular flexibility index (Phi) is 9.52. The summed E-state index contributed by atoms with van der Waals surface area (Å²) in [6.07, 6.45) is 10.1. The molecule has 36 heavy (non-hydrogen) atoms. The van der Waals surface area contributed by atoms with E-state index in [1.807, 2.05) is 0 Å². The van der Waals surface area contributed by atoms with E-state index in [0.717, 1.165) is 70.6 Å². The van der Waals surface area contributed by atoms with E-state index in [-0.39, 0.29) is 30.3 Å². The molecule has 9 unspecified atom stereocenters. The number of nitrogens with zero attached hydrogens (tertiary/aromatic N) is 1. The zero-order valence-electron chi connectivity index (χ0n) is 22.2. The van der Waals surface area contributed by atoms with Gasteiger partial charge in [-0.3, -0.25) is 25.6 Å². The molecule has 0 radical (unpaired) electrons. The zero-order valence-corrected chi connectivity index (χ0v) is 22.2. The molecule has 0 spiro atoms. The van der Waals surface area contributed by atoms with Crippen molar-refractivity contribution >= 4 is 5.91 Å². The number of likely N-dealkylation sites (tertiary alicyclic amines) is 1. The molecule has 0 aromatic rings. The third kappa shape index (κ3) is 6.97. The highest BCUT2D eigenvalue weighted by molar-refractivity contribution is 5.79. The molecule has 9 atom stereocenters. The van der Waals surface area contributed by atoms with Gasteiger partial charge in [0.05, 0.1) is 12.1 Å². The lowest BCUT2D eigenvalue weighted by Crippen LogP contribution is -2.66. The summed E-state index contributed by atoms with van der Waals surface area (Å²) in [5.74, 6) is 1.53. The van der Waals surface area contributed by atoms with Gasteiger partial charge in [0.15, 0.2) is 0 Å². The van der Waals surface area contributed by atoms with Crippen molar-refractivity contribution in [2.24, 2.45) is 17.8 Å². The van der Waals surface area contributed by atoms with Gasteiger partial charge in [-0.15, -0.1) is 0 Å². The van der Waals surface area contributed by atoms with Crippen LogP contribution in [0, 0.1) is 17.8 Å². The Labute approximate surface area is 217 Å². The van der Waals surface area contributed by atoms with Crippen LogP contribution in [-0.2, 0) is 4.79 Å². The smallest absolute Gasteiger partial charge is 0.224 e. The number of carbonyl (C=O) groups excluding carboxylic acids is 1. The molecule has 4 aliphatic heterocycles. The van der Waals surface area contributed by atoms with Gasteiger partial charge in [0.2, 0.25) is 5.91 Å². The number of nitrogens with one attached hydrogen (secondary N) is 6. The molecule has 206 valence electrons. The number of rotatable bonds is 6. The molecule has 9 heteroatoms. The SMILES string of the molecule is CC1CCC(NC(=O)C2CCC(N3CCCC(F)C3)NC2)CC1NC1NCCC(C2CCCNC2)N1. The first-order chi connectivity index (χ1) is 17.5. The van der Waals surface area contributed by atoms with Crippen molar-refractivity contribution < 1.29 is 9.18 Å². The molecule has 1 saturated carbocycles. The summed E-state index contributed by atoms with van der Waals surface area (Å²) < 4.78 is 13.8. The Hall–Kier alpha value is -0.840. The van der Waals surface area contributed by atoms with Crippen LogP contribution in [0.5, 0.6) is 0 Å². The monoisotopic (exact) mass is 507 g/mol. The van der Waals surface area contributed by atoms with Crippen molar-refractivity contribution in [3.63, 3.8) is 0 Å². The minimum absolute atomic E-state index is 0.0181. The van der Waals surface area contributed by atoms with Gasteiger partial charge in [-0.2, -0.15) is 0 Å². The third-order valence-electron chi connectivity index (χ3n) is 9.61. The van der Waals surface area contributed by atoms with Crippen LogP contribution in [0.3, 0.4) is 0 Å². The Morgan fingerprint density at radius 2 is 1.89 bits per heavy atom. The van der Waals surface area contributed by atoms with E-state index in [4.69, 9.17) is 0 Å². The number of hydrogen-bond donors (Lipinski definition) is 6. The molecule has 6 N–H and O–H groups in total. The number of carbonyl (C=O) groups is 1. The molecule has 0 bridgehead atoms. The van der Waals surface area contributed by atoms with Crippen molar-refractivity contribution in [3.8, 4) is 0 Å². The molecule has 8 nitrogen and oxygen atoms in total. The summed E-state index contributed by atoms with van der Waals surface area (Å²) in [6.45, 7) is 7.87. The normalized spacial score (nSPS) is 43.1. The molecule has 5 fully saturated rings. The largest absolute Gasteiger partial charge is 0.353 e. The Balaban J connectivity index is 1.06. The molecule has 0 aromatic heterocycles. The molecule has 5 aliphatic rings. The Morgan fingerprint density at radius 3 is 2.67 bits per heavy atom. The highest BCUT2D eigenvalue weighted by Gasteiger charge is 2.36. The maximum Gasteiger partial charge on any atom is 0.224 e. The van der Waals surface area contributed by atoms with Crippen molar-refractivity contribution in [3.05, 3.63) is 0 Å². The van der Waals surface area contributed by atoms with E-state index in [2.05, 4.69) is 43.7 Å². The second kappa shape index (κ2) is 12.8. The van der Waals surface area contributed by atoms with Crippen LogP contribution in [0.2, 0.25) is 0 Å². The summed E-state index contributed by atoms with van der Waals surface area (Å²) >= 11 is 0. The fourth-order valence-corrected chi connectivity index (χ4v) is 7.27. The first kappa shape index (κ1) is 26.8. The average Bonchev–Trinajstić information content (AvgIpc) is 2.91. The minimum atomic E-state index is -0.703. The van der Waals surface area contributed by atoms with Crippen molar-refractivity contribution in [1.82, 2.24) is 36.8 Å². The maximum atomic E-state index is 13.8. The second-order valence-electron chi connectivity index (χ2n) is 12.3. The van der Waals surface area contributed by atoms with Gasteiger partial charge < -0.3 is 16.0 Å². The van der Waals surface area contributed by atoms with Crippen LogP contribution in [-0.4, -0.2) is 86.8 Å². The third-order valence-corrected chi connectivity index (χ3v) is 9.61. The summed E-state index contributed by atoms with van der Waals surface area (Å²) in [4.78, 5) is 15.4. The first-order valence-corrected chi connectivity index (χ1v) is 14.9. The van der Waals surface area contributed by atoms with Crippen LogP contribution in [0.1, 0.15) is 71.1 Å². The number of hydrogen-bond acceptors (Lipinski definition) is 7. The molecular weight excluding hydrogens is 457 g/mol. The maximum absolute atomic E-state index is 13.8. The van der Waals surface area contributed by atoms with E-state index >= 15 is 0 Å². The average molecular weight is 508 g/mol. The number of piperidine rings is 3. The number of amides is 1. The summed E-state index contributed by atoms with van der Waals surface area (Å²) in [7, 11) is 0. The van der Waals surface area contributed by atoms with Crippen LogP contribution in [0.25, 0.3) is 0 Å². The van der Waals surface area contributed by atoms with Crippen molar-refractivity contribution in [2.75, 3.05) is 39.3 Å². The van der Waals surface area contributed by atoms with Gasteiger partial charge in [-0.05, 0) is 102 Å². The lowest BCUT2D eigenvalue weighted by molar-refractivity contribution is -0.127. The lowest BCUT2D eigenvalue weighted by Gasteiger charge is -2.43. The van der Waals surface area contributed by atoms with E-state index in [9.17, 15) is 9.18 Å². The molecule has 4 saturated heterocycles. The molecule has 5 rings (SSSR count). The molecule has 1 aliphatic carbocycles. The fourth-order valence-electron chi connectivity index (χ4n) is 7.27. The highest BCUT2D eigenvalue weighted by Crippen LogP contribution is 2.27. The lowest BCUT2D eigenvalue weighted by atomic mass is 9.82. The van der Waals surface area contributed by atoms with Gasteiger partial charge in [0.1, 0.15) is 12.5 Å². The molecular formula is C27H50FN7O. The molecule has 0 aromatic carbocycles. The Bertz CT molecular complexity index is 700. The van der Waals surface area contributed by atoms with E-state index in [1.165, 1.54) is 19.3 Å². The first-order valence-electron chi connectivity index (χ1n) is 14.9. The predicted molar refractivity (Wildman–Crippen MR) is 141 cm³/mol. The number of alkyl halides is 1. The van der Waals surface area contributed by atoms with Gasteiger partial charge in [-0.25, -0.2) is 4.39 Å². The summed E-state index contributed by atoms with van der Waals surface area (Å²) in [5.41, 5.74) is 0. The van der Waals surface area contributed by atoms with E-state index in [1.54, 1.807) is 0 Å². The number of halogens is 1.